The van der Waals surface area contributed by atoms with Gasteiger partial charge in [0, 0.05) is 19.6 Å². The molecular weight excluding hydrogens is 527 g/mol. The van der Waals surface area contributed by atoms with Gasteiger partial charge in [-0.25, -0.2) is 0 Å². The van der Waals surface area contributed by atoms with Gasteiger partial charge in [-0.15, -0.1) is 0 Å². The monoisotopic (exact) mass is 578 g/mol. The van der Waals surface area contributed by atoms with Crippen LogP contribution in [0.5, 0.6) is 5.75 Å². The predicted molar refractivity (Wildman–Crippen MR) is 161 cm³/mol. The van der Waals surface area contributed by atoms with Gasteiger partial charge in [-0.05, 0) is 83.9 Å². The van der Waals surface area contributed by atoms with Crippen LogP contribution in [-0.4, -0.2) is 52.3 Å². The van der Waals surface area contributed by atoms with Crippen molar-refractivity contribution in [1.82, 2.24) is 0 Å². The normalized spacial score (nSPS) is 14.2. The second kappa shape index (κ2) is 14.4. The highest BCUT2D eigenvalue weighted by atomic mass is 31.2. The molecule has 0 radical (unpaired) electrons. The summed E-state index contributed by atoms with van der Waals surface area (Å²) >= 11 is 0. The summed E-state index contributed by atoms with van der Waals surface area (Å²) in [5.74, 6) is 0.780. The van der Waals surface area contributed by atoms with Crippen LogP contribution in [0.1, 0.15) is 80.2 Å². The van der Waals surface area contributed by atoms with E-state index in [-0.39, 0.29) is 18.1 Å². The first kappa shape index (κ1) is 34.5. The summed E-state index contributed by atoms with van der Waals surface area (Å²) in [6.45, 7) is 16.5. The van der Waals surface area contributed by atoms with Gasteiger partial charge in [0.25, 0.3) is 0 Å². The fourth-order valence-corrected chi connectivity index (χ4v) is 4.49. The standard InChI is InChI=1S/C32H51O7P/c1-29(2,21-23-38-32(7,8)40(33,34)35)31(5,6)39-28(25-36-27-19-13-10-14-20-27)24-30(3,4)37-22-15-18-26-16-11-9-12-17-26/h9-14,16-17,19-20,28H,15,18,21-25H2,1-8H3,(H2,33,34,35). The van der Waals surface area contributed by atoms with E-state index in [9.17, 15) is 14.4 Å². The van der Waals surface area contributed by atoms with E-state index >= 15 is 0 Å². The number of para-hydroxylation sites is 1. The van der Waals surface area contributed by atoms with Crippen molar-refractivity contribution < 1.29 is 33.3 Å². The van der Waals surface area contributed by atoms with Gasteiger partial charge in [0.2, 0.25) is 0 Å². The van der Waals surface area contributed by atoms with E-state index in [0.717, 1.165) is 18.6 Å². The summed E-state index contributed by atoms with van der Waals surface area (Å²) in [5, 5.41) is -1.54. The fourth-order valence-electron chi connectivity index (χ4n) is 4.23. The molecule has 0 fully saturated rings. The molecule has 0 saturated carbocycles. The summed E-state index contributed by atoms with van der Waals surface area (Å²) < 4.78 is 36.6. The zero-order valence-electron chi connectivity index (χ0n) is 25.7. The molecule has 0 aliphatic carbocycles. The molecule has 2 aromatic carbocycles. The molecule has 2 aromatic rings. The topological polar surface area (TPSA) is 94.5 Å². The zero-order chi connectivity index (χ0) is 30.1. The zero-order valence-corrected chi connectivity index (χ0v) is 26.6. The van der Waals surface area contributed by atoms with Gasteiger partial charge in [0.1, 0.15) is 12.4 Å². The second-order valence-electron chi connectivity index (χ2n) is 12.7. The Hall–Kier alpha value is -1.73. The molecule has 0 amide bonds. The quantitative estimate of drug-likeness (QED) is 0.141. The minimum Gasteiger partial charge on any atom is -0.491 e. The molecule has 0 aliphatic heterocycles. The molecule has 1 atom stereocenters. The fraction of sp³-hybridized carbons (Fsp3) is 0.625. The molecule has 0 aliphatic rings. The molecule has 0 bridgehead atoms. The first-order chi connectivity index (χ1) is 18.4. The van der Waals surface area contributed by atoms with Crippen LogP contribution < -0.4 is 4.74 Å². The molecule has 1 unspecified atom stereocenters. The van der Waals surface area contributed by atoms with Gasteiger partial charge in [0.15, 0.2) is 5.34 Å². The van der Waals surface area contributed by atoms with Crippen molar-refractivity contribution >= 4 is 7.60 Å². The van der Waals surface area contributed by atoms with Gasteiger partial charge < -0.3 is 28.7 Å². The van der Waals surface area contributed by atoms with Gasteiger partial charge in [-0.2, -0.15) is 0 Å². The van der Waals surface area contributed by atoms with Gasteiger partial charge >= 0.3 is 7.60 Å². The Morgan fingerprint density at radius 1 is 0.800 bits per heavy atom. The van der Waals surface area contributed by atoms with Gasteiger partial charge in [0.05, 0.1) is 17.3 Å². The average molecular weight is 579 g/mol. The molecular formula is C32H51O7P. The first-order valence-electron chi connectivity index (χ1n) is 14.2. The lowest BCUT2D eigenvalue weighted by Crippen LogP contribution is -2.48. The molecule has 0 saturated heterocycles. The largest absolute Gasteiger partial charge is 0.491 e. The molecule has 8 heteroatoms. The molecule has 226 valence electrons. The minimum absolute atomic E-state index is 0.194. The number of rotatable bonds is 18. The van der Waals surface area contributed by atoms with Crippen molar-refractivity contribution in [2.24, 2.45) is 5.41 Å². The van der Waals surface area contributed by atoms with Gasteiger partial charge in [-0.1, -0.05) is 62.4 Å². The first-order valence-corrected chi connectivity index (χ1v) is 15.8. The van der Waals surface area contributed by atoms with E-state index < -0.39 is 24.1 Å². The van der Waals surface area contributed by atoms with Crippen LogP contribution in [0, 0.1) is 5.41 Å². The SMILES string of the molecule is CC(C)(CC(COc1ccccc1)OC(C)(C)C(C)(C)CCOC(C)(C)P(=O)(O)O)OCCCc1ccccc1. The second-order valence-corrected chi connectivity index (χ2v) is 14.9. The Kier molecular flexibility index (Phi) is 12.4. The van der Waals surface area contributed by atoms with E-state index in [0.29, 0.717) is 26.1 Å². The molecule has 40 heavy (non-hydrogen) atoms. The lowest BCUT2D eigenvalue weighted by Gasteiger charge is -2.45. The van der Waals surface area contributed by atoms with Crippen LogP contribution in [0.3, 0.4) is 0 Å². The summed E-state index contributed by atoms with van der Waals surface area (Å²) in [7, 11) is -4.39. The Morgan fingerprint density at radius 2 is 1.38 bits per heavy atom. The molecule has 2 rings (SSSR count). The van der Waals surface area contributed by atoms with Crippen LogP contribution in [0.4, 0.5) is 0 Å². The Balaban J connectivity index is 2.04. The number of benzene rings is 2. The third-order valence-electron chi connectivity index (χ3n) is 7.82. The molecule has 0 spiro atoms. The number of hydrogen-bond donors (Lipinski definition) is 2. The lowest BCUT2D eigenvalue weighted by atomic mass is 9.74. The van der Waals surface area contributed by atoms with Crippen molar-refractivity contribution in [3.63, 3.8) is 0 Å². The maximum absolute atomic E-state index is 11.8. The van der Waals surface area contributed by atoms with E-state index in [1.54, 1.807) is 0 Å². The van der Waals surface area contributed by atoms with Crippen LogP contribution in [0.25, 0.3) is 0 Å². The summed E-state index contributed by atoms with van der Waals surface area (Å²) in [5.41, 5.74) is -0.100. The smallest absolute Gasteiger partial charge is 0.356 e. The predicted octanol–water partition coefficient (Wildman–Crippen LogP) is 7.39. The maximum Gasteiger partial charge on any atom is 0.356 e. The van der Waals surface area contributed by atoms with Crippen LogP contribution in [-0.2, 0) is 25.2 Å². The Labute approximate surface area is 241 Å². The number of ether oxygens (including phenoxy) is 4. The third-order valence-corrected chi connectivity index (χ3v) is 9.35. The highest BCUT2D eigenvalue weighted by Gasteiger charge is 2.43. The Morgan fingerprint density at radius 3 is 1.95 bits per heavy atom. The summed E-state index contributed by atoms with van der Waals surface area (Å²) in [4.78, 5) is 19.2. The molecule has 0 heterocycles. The van der Waals surface area contributed by atoms with Crippen molar-refractivity contribution in [2.45, 2.75) is 104 Å². The Bertz CT molecular complexity index is 1050. The van der Waals surface area contributed by atoms with E-state index in [2.05, 4.69) is 52.0 Å². The van der Waals surface area contributed by atoms with Crippen molar-refractivity contribution in [3.8, 4) is 5.75 Å². The maximum atomic E-state index is 11.8. The average Bonchev–Trinajstić information content (AvgIpc) is 2.85. The van der Waals surface area contributed by atoms with Crippen molar-refractivity contribution in [3.05, 3.63) is 66.2 Å². The van der Waals surface area contributed by atoms with Gasteiger partial charge in [-0.3, -0.25) is 4.57 Å². The van der Waals surface area contributed by atoms with Crippen molar-refractivity contribution in [2.75, 3.05) is 19.8 Å². The summed E-state index contributed by atoms with van der Waals surface area (Å²) in [6.07, 6.45) is 2.83. The van der Waals surface area contributed by atoms with E-state index in [4.69, 9.17) is 18.9 Å². The minimum atomic E-state index is -4.39. The van der Waals surface area contributed by atoms with Crippen LogP contribution in [0.2, 0.25) is 0 Å². The molecule has 0 aromatic heterocycles. The third kappa shape index (κ3) is 11.3. The van der Waals surface area contributed by atoms with E-state index in [1.807, 2.05) is 50.2 Å². The molecule has 2 N–H and O–H groups in total. The van der Waals surface area contributed by atoms with Crippen LogP contribution in [0.15, 0.2) is 60.7 Å². The highest BCUT2D eigenvalue weighted by Crippen LogP contribution is 2.51. The number of aryl methyl sites for hydroxylation is 1. The van der Waals surface area contributed by atoms with E-state index in [1.165, 1.54) is 19.4 Å². The van der Waals surface area contributed by atoms with Crippen LogP contribution >= 0.6 is 7.60 Å². The number of hydrogen-bond acceptors (Lipinski definition) is 5. The van der Waals surface area contributed by atoms with Crippen molar-refractivity contribution in [1.29, 1.82) is 0 Å². The lowest BCUT2D eigenvalue weighted by molar-refractivity contribution is -0.171. The molecule has 7 nitrogen and oxygen atoms in total. The highest BCUT2D eigenvalue weighted by molar-refractivity contribution is 7.53. The summed E-state index contributed by atoms with van der Waals surface area (Å²) in [6, 6.07) is 20.1.